The molecule has 1 aromatic heterocycles. The molecule has 6 heteroatoms. The highest BCUT2D eigenvalue weighted by Crippen LogP contribution is 2.18. The van der Waals surface area contributed by atoms with E-state index in [0.29, 0.717) is 12.4 Å². The van der Waals surface area contributed by atoms with Crippen LogP contribution in [0.15, 0.2) is 35.5 Å². The van der Waals surface area contributed by atoms with Crippen LogP contribution in [0.4, 0.5) is 5.13 Å². The van der Waals surface area contributed by atoms with Crippen LogP contribution in [0.2, 0.25) is 0 Å². The molecule has 2 aromatic rings. The van der Waals surface area contributed by atoms with Gasteiger partial charge in [-0.05, 0) is 12.5 Å². The number of carbonyl (C=O) groups excluding carboxylic acids is 1. The van der Waals surface area contributed by atoms with Crippen molar-refractivity contribution in [1.29, 1.82) is 0 Å². The number of H-pyrrole nitrogens is 1. The molecule has 2 heterocycles. The number of nitrogens with one attached hydrogen (secondary N) is 3. The van der Waals surface area contributed by atoms with Crippen LogP contribution in [0.5, 0.6) is 0 Å². The lowest BCUT2D eigenvalue weighted by Gasteiger charge is -1.98. The van der Waals surface area contributed by atoms with Gasteiger partial charge in [0, 0.05) is 13.0 Å². The van der Waals surface area contributed by atoms with Crippen molar-refractivity contribution in [3.05, 3.63) is 46.5 Å². The highest BCUT2D eigenvalue weighted by Gasteiger charge is 2.21. The zero-order valence-electron chi connectivity index (χ0n) is 11.8. The molecule has 1 aliphatic heterocycles. The number of thiazole rings is 1. The third-order valence-electron chi connectivity index (χ3n) is 3.17. The molecular weight excluding hydrogens is 284 g/mol. The molecule has 1 aliphatic rings. The van der Waals surface area contributed by atoms with Gasteiger partial charge in [-0.3, -0.25) is 4.99 Å². The number of aryl methyl sites for hydroxylation is 1. The fourth-order valence-electron chi connectivity index (χ4n) is 2.22. The molecule has 0 saturated carbocycles. The molecule has 0 spiro atoms. The van der Waals surface area contributed by atoms with Crippen molar-refractivity contribution >= 4 is 28.2 Å². The molecule has 0 unspecified atom stereocenters. The number of amidine groups is 1. The molecule has 5 nitrogen and oxygen atoms in total. The molecule has 3 rings (SSSR count). The van der Waals surface area contributed by atoms with Gasteiger partial charge in [0.25, 0.3) is 0 Å². The van der Waals surface area contributed by atoms with Crippen LogP contribution in [-0.4, -0.2) is 24.8 Å². The number of aromatic amines is 1. The van der Waals surface area contributed by atoms with E-state index in [1.165, 1.54) is 16.0 Å². The summed E-state index contributed by atoms with van der Waals surface area (Å²) in [7, 11) is 0. The molecule has 0 aliphatic carbocycles. The summed E-state index contributed by atoms with van der Waals surface area (Å²) in [5.74, 6) is 0.227. The Hall–Kier alpha value is -2.21. The Bertz CT molecular complexity index is 692. The molecule has 0 atom stereocenters. The van der Waals surface area contributed by atoms with Crippen molar-refractivity contribution in [1.82, 2.24) is 5.32 Å². The molecule has 0 bridgehead atoms. The van der Waals surface area contributed by atoms with E-state index >= 15 is 0 Å². The summed E-state index contributed by atoms with van der Waals surface area (Å²) in [4.78, 5) is 20.3. The second kappa shape index (κ2) is 6.05. The number of nitrogens with zero attached hydrogens (tertiary/aromatic N) is 1. The number of hydrogen-bond acceptors (Lipinski definition) is 4. The summed E-state index contributed by atoms with van der Waals surface area (Å²) in [6.07, 6.45) is 2.80. The van der Waals surface area contributed by atoms with Gasteiger partial charge in [-0.1, -0.05) is 41.2 Å². The maximum Gasteiger partial charge on any atom is 0.374 e. The first-order valence-corrected chi connectivity index (χ1v) is 7.68. The topological polar surface area (TPSA) is 67.6 Å². The Labute approximate surface area is 127 Å². The number of benzene rings is 1. The quantitative estimate of drug-likeness (QED) is 0.896. The minimum atomic E-state index is -0.187. The van der Waals surface area contributed by atoms with Gasteiger partial charge in [0.1, 0.15) is 6.20 Å². The summed E-state index contributed by atoms with van der Waals surface area (Å²) in [6.45, 7) is 3.48. The first-order valence-electron chi connectivity index (χ1n) is 6.86. The van der Waals surface area contributed by atoms with E-state index in [1.54, 1.807) is 11.3 Å². The van der Waals surface area contributed by atoms with E-state index in [2.05, 4.69) is 51.8 Å². The van der Waals surface area contributed by atoms with Crippen molar-refractivity contribution in [2.24, 2.45) is 4.99 Å². The fraction of sp³-hybridized carbons (Fsp3) is 0.267. The first kappa shape index (κ1) is 13.8. The number of aromatic nitrogens is 1. The monoisotopic (exact) mass is 301 g/mol. The van der Waals surface area contributed by atoms with Crippen molar-refractivity contribution in [2.75, 3.05) is 18.4 Å². The fourth-order valence-corrected chi connectivity index (χ4v) is 3.10. The lowest BCUT2D eigenvalue weighted by molar-refractivity contribution is -0.354. The number of aliphatic imine (C=N–C) groups is 1. The third kappa shape index (κ3) is 3.46. The molecule has 108 valence electrons. The van der Waals surface area contributed by atoms with Crippen molar-refractivity contribution in [3.63, 3.8) is 0 Å². The van der Waals surface area contributed by atoms with Gasteiger partial charge in [0.05, 0.1) is 11.4 Å². The minimum absolute atomic E-state index is 0.187. The third-order valence-corrected chi connectivity index (χ3v) is 4.12. The highest BCUT2D eigenvalue weighted by atomic mass is 32.1. The average molecular weight is 301 g/mol. The van der Waals surface area contributed by atoms with Gasteiger partial charge in [0.15, 0.2) is 0 Å². The maximum atomic E-state index is 11.9. The van der Waals surface area contributed by atoms with E-state index in [-0.39, 0.29) is 5.91 Å². The molecule has 1 aromatic carbocycles. The van der Waals surface area contributed by atoms with Crippen molar-refractivity contribution < 1.29 is 9.78 Å². The summed E-state index contributed by atoms with van der Waals surface area (Å²) < 4.78 is 0. The lowest BCUT2D eigenvalue weighted by Crippen LogP contribution is -2.33. The summed E-state index contributed by atoms with van der Waals surface area (Å²) in [6, 6.07) is 8.44. The standard InChI is InChI=1S/C15H16N4OS/c1-10-3-2-4-11(7-10)8-12-9-18-15(21-12)19-14(20)13-16-5-6-17-13/h2-4,7,9H,5-6,8H2,1H3,(H,16,17)(H,18,19,20)/p+1. The number of rotatable bonds is 4. The van der Waals surface area contributed by atoms with Crippen LogP contribution in [0.1, 0.15) is 16.0 Å². The smallest absolute Gasteiger partial charge is 0.362 e. The van der Waals surface area contributed by atoms with Gasteiger partial charge in [-0.25, -0.2) is 9.78 Å². The summed E-state index contributed by atoms with van der Waals surface area (Å²) in [5, 5.41) is 6.53. The summed E-state index contributed by atoms with van der Waals surface area (Å²) >= 11 is 1.55. The van der Waals surface area contributed by atoms with Gasteiger partial charge < -0.3 is 5.32 Å². The van der Waals surface area contributed by atoms with Gasteiger partial charge >= 0.3 is 11.0 Å². The van der Waals surface area contributed by atoms with Crippen LogP contribution in [0.3, 0.4) is 0 Å². The molecule has 3 N–H and O–H groups in total. The number of hydrogen-bond donors (Lipinski definition) is 2. The SMILES string of the molecule is Cc1cccc(Cc2c[nH+]c(NC(=O)C3=NCCN3)s2)c1. The van der Waals surface area contributed by atoms with Crippen molar-refractivity contribution in [3.8, 4) is 0 Å². The van der Waals surface area contributed by atoms with Crippen molar-refractivity contribution in [2.45, 2.75) is 13.3 Å². The van der Waals surface area contributed by atoms with Gasteiger partial charge in [0.2, 0.25) is 5.84 Å². The Balaban J connectivity index is 1.64. The molecule has 1 amide bonds. The molecule has 0 fully saturated rings. The average Bonchev–Trinajstić information content (AvgIpc) is 3.10. The molecule has 0 radical (unpaired) electrons. The number of amides is 1. The van der Waals surface area contributed by atoms with E-state index < -0.39 is 0 Å². The van der Waals surface area contributed by atoms with E-state index in [0.717, 1.165) is 18.1 Å². The van der Waals surface area contributed by atoms with E-state index in [9.17, 15) is 4.79 Å². The zero-order chi connectivity index (χ0) is 14.7. The largest absolute Gasteiger partial charge is 0.374 e. The minimum Gasteiger partial charge on any atom is -0.362 e. The van der Waals surface area contributed by atoms with Crippen LogP contribution >= 0.6 is 11.3 Å². The van der Waals surface area contributed by atoms with Crippen LogP contribution in [0.25, 0.3) is 0 Å². The first-order chi connectivity index (χ1) is 10.2. The van der Waals surface area contributed by atoms with Crippen LogP contribution in [-0.2, 0) is 11.2 Å². The Morgan fingerprint density at radius 1 is 1.52 bits per heavy atom. The second-order valence-corrected chi connectivity index (χ2v) is 6.10. The van der Waals surface area contributed by atoms with Crippen LogP contribution in [0, 0.1) is 6.92 Å². The summed E-state index contributed by atoms with van der Waals surface area (Å²) in [5.41, 5.74) is 2.52. The maximum absolute atomic E-state index is 11.9. The van der Waals surface area contributed by atoms with Crippen LogP contribution < -0.4 is 15.6 Å². The zero-order valence-corrected chi connectivity index (χ0v) is 12.6. The van der Waals surface area contributed by atoms with E-state index in [1.807, 2.05) is 6.20 Å². The normalized spacial score (nSPS) is 13.7. The van der Waals surface area contributed by atoms with E-state index in [4.69, 9.17) is 0 Å². The predicted octanol–water partition coefficient (Wildman–Crippen LogP) is 1.40. The lowest BCUT2D eigenvalue weighted by atomic mass is 10.1. The highest BCUT2D eigenvalue weighted by molar-refractivity contribution is 7.15. The Kier molecular flexibility index (Phi) is 3.96. The predicted molar refractivity (Wildman–Crippen MR) is 83.8 cm³/mol. The Morgan fingerprint density at radius 3 is 3.19 bits per heavy atom. The number of anilines is 1. The second-order valence-electron chi connectivity index (χ2n) is 4.96. The number of carbonyl (C=O) groups is 1. The Morgan fingerprint density at radius 2 is 2.43 bits per heavy atom. The molecular formula is C15H17N4OS+. The van der Waals surface area contributed by atoms with Gasteiger partial charge in [-0.2, -0.15) is 5.32 Å². The molecule has 0 saturated heterocycles. The van der Waals surface area contributed by atoms with Gasteiger partial charge in [-0.15, -0.1) is 0 Å². The molecule has 21 heavy (non-hydrogen) atoms.